The molecule has 1 aromatic carbocycles. The van der Waals surface area contributed by atoms with Crippen LogP contribution in [0.25, 0.3) is 0 Å². The van der Waals surface area contributed by atoms with Gasteiger partial charge in [0.2, 0.25) is 0 Å². The summed E-state index contributed by atoms with van der Waals surface area (Å²) in [6, 6.07) is 7.28. The van der Waals surface area contributed by atoms with E-state index in [1.54, 1.807) is 23.9 Å². The number of thioether (sulfide) groups is 1. The highest BCUT2D eigenvalue weighted by atomic mass is 32.2. The van der Waals surface area contributed by atoms with E-state index in [-0.39, 0.29) is 0 Å². The van der Waals surface area contributed by atoms with Gasteiger partial charge in [-0.05, 0) is 17.7 Å². The van der Waals surface area contributed by atoms with E-state index in [4.69, 9.17) is 5.11 Å². The molecule has 1 nitrogen and oxygen atoms in total. The molecular formula is C11H15FOS. The van der Waals surface area contributed by atoms with E-state index >= 15 is 0 Å². The maximum Gasteiger partial charge on any atom is 0.148 e. The molecule has 3 heteroatoms. The molecule has 0 spiro atoms. The van der Waals surface area contributed by atoms with Crippen LogP contribution in [0.3, 0.4) is 0 Å². The van der Waals surface area contributed by atoms with E-state index in [9.17, 15) is 4.39 Å². The van der Waals surface area contributed by atoms with Gasteiger partial charge < -0.3 is 5.11 Å². The quantitative estimate of drug-likeness (QED) is 0.777. The first-order chi connectivity index (χ1) is 6.63. The van der Waals surface area contributed by atoms with Crippen molar-refractivity contribution in [2.45, 2.75) is 30.2 Å². The van der Waals surface area contributed by atoms with E-state index in [0.717, 1.165) is 4.90 Å². The lowest BCUT2D eigenvalue weighted by Gasteiger charge is -2.08. The van der Waals surface area contributed by atoms with Gasteiger partial charge in [-0.2, -0.15) is 0 Å². The van der Waals surface area contributed by atoms with Crippen LogP contribution in [-0.4, -0.2) is 17.0 Å². The number of rotatable bonds is 4. The lowest BCUT2D eigenvalue weighted by Crippen LogP contribution is -1.97. The zero-order valence-electron chi connectivity index (χ0n) is 8.40. The largest absolute Gasteiger partial charge is 0.393 e. The third-order valence-electron chi connectivity index (χ3n) is 1.75. The Bertz CT molecular complexity index is 288. The number of hydrogen-bond acceptors (Lipinski definition) is 2. The first-order valence-corrected chi connectivity index (χ1v) is 5.53. The second kappa shape index (κ2) is 5.37. The van der Waals surface area contributed by atoms with Gasteiger partial charge >= 0.3 is 0 Å². The molecule has 0 aliphatic rings. The fraction of sp³-hybridized carbons (Fsp3) is 0.455. The maximum atomic E-state index is 13.1. The summed E-state index contributed by atoms with van der Waals surface area (Å²) < 4.78 is 13.1. The standard InChI is InChI=1S/C11H15FOS/c1-8(2)14-10-5-3-4-9(6-10)11(12)7-13/h3-6,8,11,13H,7H2,1-2H3. The van der Waals surface area contributed by atoms with Crippen LogP contribution in [0.1, 0.15) is 25.6 Å². The van der Waals surface area contributed by atoms with Gasteiger partial charge in [-0.15, -0.1) is 11.8 Å². The molecule has 0 saturated heterocycles. The van der Waals surface area contributed by atoms with Crippen LogP contribution in [0.2, 0.25) is 0 Å². The van der Waals surface area contributed by atoms with Crippen molar-refractivity contribution < 1.29 is 9.50 Å². The Morgan fingerprint density at radius 2 is 2.14 bits per heavy atom. The molecule has 1 rings (SSSR count). The first kappa shape index (κ1) is 11.5. The molecule has 0 aromatic heterocycles. The van der Waals surface area contributed by atoms with Gasteiger partial charge in [0.25, 0.3) is 0 Å². The Hall–Kier alpha value is -0.540. The van der Waals surface area contributed by atoms with Gasteiger partial charge in [-0.25, -0.2) is 4.39 Å². The van der Waals surface area contributed by atoms with Gasteiger partial charge in [0, 0.05) is 10.1 Å². The summed E-state index contributed by atoms with van der Waals surface area (Å²) in [6.45, 7) is 3.74. The van der Waals surface area contributed by atoms with Crippen LogP contribution >= 0.6 is 11.8 Å². The van der Waals surface area contributed by atoms with Crippen molar-refractivity contribution in [3.05, 3.63) is 29.8 Å². The molecule has 1 atom stereocenters. The van der Waals surface area contributed by atoms with E-state index in [1.165, 1.54) is 0 Å². The second-order valence-electron chi connectivity index (χ2n) is 3.39. The average Bonchev–Trinajstić information content (AvgIpc) is 2.16. The Morgan fingerprint density at radius 1 is 1.43 bits per heavy atom. The average molecular weight is 214 g/mol. The Kier molecular flexibility index (Phi) is 4.42. The SMILES string of the molecule is CC(C)Sc1cccc(C(F)CO)c1. The normalized spacial score (nSPS) is 13.2. The molecule has 0 radical (unpaired) electrons. The van der Waals surface area contributed by atoms with Gasteiger partial charge in [-0.3, -0.25) is 0 Å². The molecule has 0 aliphatic carbocycles. The van der Waals surface area contributed by atoms with Crippen LogP contribution in [0, 0.1) is 0 Å². The van der Waals surface area contributed by atoms with E-state index in [0.29, 0.717) is 10.8 Å². The van der Waals surface area contributed by atoms with Crippen LogP contribution < -0.4 is 0 Å². The van der Waals surface area contributed by atoms with Crippen LogP contribution in [0.15, 0.2) is 29.2 Å². The predicted octanol–water partition coefficient (Wildman–Crippen LogP) is 3.19. The van der Waals surface area contributed by atoms with Crippen molar-refractivity contribution in [2.75, 3.05) is 6.61 Å². The lowest BCUT2D eigenvalue weighted by atomic mass is 10.1. The second-order valence-corrected chi connectivity index (χ2v) is 5.04. The molecule has 0 aliphatic heterocycles. The predicted molar refractivity (Wildman–Crippen MR) is 58.4 cm³/mol. The molecule has 0 amide bonds. The van der Waals surface area contributed by atoms with Crippen molar-refractivity contribution in [1.29, 1.82) is 0 Å². The highest BCUT2D eigenvalue weighted by Crippen LogP contribution is 2.26. The first-order valence-electron chi connectivity index (χ1n) is 4.65. The molecule has 0 bridgehead atoms. The summed E-state index contributed by atoms with van der Waals surface area (Å²) in [7, 11) is 0. The van der Waals surface area contributed by atoms with Gasteiger partial charge in [-0.1, -0.05) is 26.0 Å². The van der Waals surface area contributed by atoms with E-state index in [2.05, 4.69) is 13.8 Å². The zero-order valence-corrected chi connectivity index (χ0v) is 9.22. The summed E-state index contributed by atoms with van der Waals surface area (Å²) in [6.07, 6.45) is -1.26. The minimum absolute atomic E-state index is 0.449. The van der Waals surface area contributed by atoms with E-state index in [1.807, 2.05) is 12.1 Å². The van der Waals surface area contributed by atoms with Crippen molar-refractivity contribution in [2.24, 2.45) is 0 Å². The molecule has 0 saturated carbocycles. The van der Waals surface area contributed by atoms with Crippen molar-refractivity contribution >= 4 is 11.8 Å². The highest BCUT2D eigenvalue weighted by Gasteiger charge is 2.08. The number of aliphatic hydroxyl groups is 1. The smallest absolute Gasteiger partial charge is 0.148 e. The third-order valence-corrected chi connectivity index (χ3v) is 2.75. The topological polar surface area (TPSA) is 20.2 Å². The Labute approximate surface area is 88.3 Å². The van der Waals surface area contributed by atoms with Crippen molar-refractivity contribution in [3.63, 3.8) is 0 Å². The monoisotopic (exact) mass is 214 g/mol. The Morgan fingerprint density at radius 3 is 2.71 bits per heavy atom. The third kappa shape index (κ3) is 3.31. The molecule has 0 fully saturated rings. The molecular weight excluding hydrogens is 199 g/mol. The van der Waals surface area contributed by atoms with Crippen molar-refractivity contribution in [1.82, 2.24) is 0 Å². The number of alkyl halides is 1. The summed E-state index contributed by atoms with van der Waals surface area (Å²) >= 11 is 1.69. The molecule has 78 valence electrons. The van der Waals surface area contributed by atoms with Crippen LogP contribution in [0.4, 0.5) is 4.39 Å². The lowest BCUT2D eigenvalue weighted by molar-refractivity contribution is 0.179. The van der Waals surface area contributed by atoms with Gasteiger partial charge in [0.15, 0.2) is 0 Å². The van der Waals surface area contributed by atoms with E-state index < -0.39 is 12.8 Å². The number of aliphatic hydroxyl groups excluding tert-OH is 1. The number of halogens is 1. The minimum atomic E-state index is -1.26. The maximum absolute atomic E-state index is 13.1. The Balaban J connectivity index is 2.78. The summed E-state index contributed by atoms with van der Waals surface area (Å²) in [4.78, 5) is 1.05. The van der Waals surface area contributed by atoms with Crippen molar-refractivity contribution in [3.8, 4) is 0 Å². The molecule has 1 unspecified atom stereocenters. The minimum Gasteiger partial charge on any atom is -0.393 e. The van der Waals surface area contributed by atoms with Crippen LogP contribution in [0.5, 0.6) is 0 Å². The zero-order chi connectivity index (χ0) is 10.6. The molecule has 0 heterocycles. The summed E-state index contributed by atoms with van der Waals surface area (Å²) in [5, 5.41) is 9.16. The highest BCUT2D eigenvalue weighted by molar-refractivity contribution is 7.99. The molecule has 1 aromatic rings. The van der Waals surface area contributed by atoms with Gasteiger partial charge in [0.1, 0.15) is 6.17 Å². The molecule has 14 heavy (non-hydrogen) atoms. The van der Waals surface area contributed by atoms with Gasteiger partial charge in [0.05, 0.1) is 6.61 Å². The van der Waals surface area contributed by atoms with Crippen LogP contribution in [-0.2, 0) is 0 Å². The summed E-state index contributed by atoms with van der Waals surface area (Å²) in [5.41, 5.74) is 0.554. The fourth-order valence-electron chi connectivity index (χ4n) is 1.16. The fourth-order valence-corrected chi connectivity index (χ4v) is 2.07. The summed E-state index contributed by atoms with van der Waals surface area (Å²) in [5.74, 6) is 0. The number of benzene rings is 1. The molecule has 1 N–H and O–H groups in total. The number of hydrogen-bond donors (Lipinski definition) is 1.